The van der Waals surface area contributed by atoms with Crippen LogP contribution in [0.4, 0.5) is 11.4 Å². The van der Waals surface area contributed by atoms with Crippen molar-refractivity contribution in [3.63, 3.8) is 0 Å². The minimum atomic E-state index is -3.88. The summed E-state index contributed by atoms with van der Waals surface area (Å²) in [6.07, 6.45) is 2.59. The molecule has 0 unspecified atom stereocenters. The fourth-order valence-electron chi connectivity index (χ4n) is 3.80. The van der Waals surface area contributed by atoms with Crippen molar-refractivity contribution in [1.29, 1.82) is 0 Å². The smallest absolute Gasteiger partial charge is 0.270 e. The first-order chi connectivity index (χ1) is 13.8. The number of nitrogens with one attached hydrogen (secondary N) is 1. The Morgan fingerprint density at radius 3 is 2.66 bits per heavy atom. The fraction of sp³-hybridized carbons (Fsp3) is 0.684. The standard InChI is InChI=1S/C19H29N3O6S/c1-14(2)11-17-12-15(5-8-28-17)20-18-4-3-16(22(23)24)13-19(18)29(25,26)21-6-9-27-10-7-21/h3-4,13-15,17,20H,5-12H2,1-2H3/t15-,17+/m1/s1. The van der Waals surface area contributed by atoms with Crippen LogP contribution in [-0.2, 0) is 19.5 Å². The van der Waals surface area contributed by atoms with Crippen LogP contribution in [0.25, 0.3) is 0 Å². The van der Waals surface area contributed by atoms with E-state index in [1.807, 2.05) is 0 Å². The van der Waals surface area contributed by atoms with Crippen molar-refractivity contribution >= 4 is 21.4 Å². The highest BCUT2D eigenvalue weighted by molar-refractivity contribution is 7.89. The third kappa shape index (κ3) is 5.44. The zero-order valence-electron chi connectivity index (χ0n) is 16.9. The largest absolute Gasteiger partial charge is 0.381 e. The van der Waals surface area contributed by atoms with Gasteiger partial charge in [0, 0.05) is 37.9 Å². The molecule has 2 aliphatic heterocycles. The molecule has 2 aliphatic rings. The highest BCUT2D eigenvalue weighted by atomic mass is 32.2. The number of hydrogen-bond donors (Lipinski definition) is 1. The quantitative estimate of drug-likeness (QED) is 0.526. The van der Waals surface area contributed by atoms with Gasteiger partial charge in [0.1, 0.15) is 4.90 Å². The van der Waals surface area contributed by atoms with E-state index in [-0.39, 0.29) is 35.8 Å². The third-order valence-electron chi connectivity index (χ3n) is 5.23. The van der Waals surface area contributed by atoms with E-state index in [2.05, 4.69) is 19.2 Å². The van der Waals surface area contributed by atoms with Gasteiger partial charge in [-0.25, -0.2) is 8.42 Å². The van der Waals surface area contributed by atoms with E-state index < -0.39 is 14.9 Å². The van der Waals surface area contributed by atoms with Crippen LogP contribution >= 0.6 is 0 Å². The summed E-state index contributed by atoms with van der Waals surface area (Å²) < 4.78 is 38.8. The number of nitro benzene ring substituents is 1. The molecular formula is C19H29N3O6S. The van der Waals surface area contributed by atoms with E-state index in [4.69, 9.17) is 9.47 Å². The van der Waals surface area contributed by atoms with Crippen LogP contribution < -0.4 is 5.32 Å². The van der Waals surface area contributed by atoms with Gasteiger partial charge in [0.15, 0.2) is 0 Å². The molecule has 0 saturated carbocycles. The molecule has 0 spiro atoms. The molecule has 29 heavy (non-hydrogen) atoms. The lowest BCUT2D eigenvalue weighted by Gasteiger charge is -2.32. The molecule has 0 aromatic heterocycles. The summed E-state index contributed by atoms with van der Waals surface area (Å²) >= 11 is 0. The Bertz CT molecular complexity index is 823. The van der Waals surface area contributed by atoms with Gasteiger partial charge < -0.3 is 14.8 Å². The first-order valence-electron chi connectivity index (χ1n) is 10.0. The van der Waals surface area contributed by atoms with Crippen LogP contribution in [0.3, 0.4) is 0 Å². The van der Waals surface area contributed by atoms with Crippen LogP contribution in [0.1, 0.15) is 33.1 Å². The topological polar surface area (TPSA) is 111 Å². The molecule has 2 atom stereocenters. The molecule has 1 N–H and O–H groups in total. The average Bonchev–Trinajstić information content (AvgIpc) is 2.68. The lowest BCUT2D eigenvalue weighted by Crippen LogP contribution is -2.41. The maximum atomic E-state index is 13.2. The van der Waals surface area contributed by atoms with Gasteiger partial charge in [0.05, 0.1) is 29.9 Å². The van der Waals surface area contributed by atoms with Gasteiger partial charge in [-0.3, -0.25) is 10.1 Å². The van der Waals surface area contributed by atoms with Gasteiger partial charge in [0.25, 0.3) is 5.69 Å². The molecular weight excluding hydrogens is 398 g/mol. The van der Waals surface area contributed by atoms with Gasteiger partial charge in [-0.15, -0.1) is 0 Å². The van der Waals surface area contributed by atoms with E-state index in [9.17, 15) is 18.5 Å². The second kappa shape index (κ2) is 9.38. The molecule has 0 bridgehead atoms. The third-order valence-corrected chi connectivity index (χ3v) is 7.16. The summed E-state index contributed by atoms with van der Waals surface area (Å²) in [4.78, 5) is 10.6. The van der Waals surface area contributed by atoms with Crippen LogP contribution in [0.2, 0.25) is 0 Å². The van der Waals surface area contributed by atoms with Crippen molar-refractivity contribution in [3.8, 4) is 0 Å². The van der Waals surface area contributed by atoms with Crippen molar-refractivity contribution in [2.75, 3.05) is 38.2 Å². The molecule has 1 aromatic rings. The second-order valence-electron chi connectivity index (χ2n) is 7.94. The molecule has 3 rings (SSSR count). The van der Waals surface area contributed by atoms with Crippen molar-refractivity contribution in [2.24, 2.45) is 5.92 Å². The first kappa shape index (κ1) is 21.9. The Morgan fingerprint density at radius 1 is 1.28 bits per heavy atom. The fourth-order valence-corrected chi connectivity index (χ4v) is 5.39. The van der Waals surface area contributed by atoms with Crippen LogP contribution in [-0.4, -0.2) is 62.7 Å². The SMILES string of the molecule is CC(C)C[C@H]1C[C@H](Nc2ccc([N+](=O)[O-])cc2S(=O)(=O)N2CCOCC2)CCO1. The van der Waals surface area contributed by atoms with Crippen molar-refractivity contribution in [3.05, 3.63) is 28.3 Å². The summed E-state index contributed by atoms with van der Waals surface area (Å²) in [5, 5.41) is 14.6. The molecule has 162 valence electrons. The lowest BCUT2D eigenvalue weighted by molar-refractivity contribution is -0.385. The molecule has 9 nitrogen and oxygen atoms in total. The minimum Gasteiger partial charge on any atom is -0.381 e. The van der Waals surface area contributed by atoms with Gasteiger partial charge in [-0.05, 0) is 31.2 Å². The summed E-state index contributed by atoms with van der Waals surface area (Å²) in [6.45, 7) is 5.99. The molecule has 2 fully saturated rings. The number of nitrogens with zero attached hydrogens (tertiary/aromatic N) is 2. The van der Waals surface area contributed by atoms with Gasteiger partial charge in [-0.2, -0.15) is 4.31 Å². The van der Waals surface area contributed by atoms with Crippen molar-refractivity contribution in [1.82, 2.24) is 4.31 Å². The Labute approximate surface area is 171 Å². The van der Waals surface area contributed by atoms with Gasteiger partial charge in [-0.1, -0.05) is 13.8 Å². The van der Waals surface area contributed by atoms with E-state index >= 15 is 0 Å². The van der Waals surface area contributed by atoms with Crippen LogP contribution in [0, 0.1) is 16.0 Å². The maximum Gasteiger partial charge on any atom is 0.270 e. The molecule has 1 aromatic carbocycles. The zero-order chi connectivity index (χ0) is 21.0. The normalized spacial score (nSPS) is 23.8. The number of ether oxygens (including phenoxy) is 2. The van der Waals surface area contributed by atoms with E-state index in [0.717, 1.165) is 25.3 Å². The number of non-ortho nitro benzene ring substituents is 1. The number of anilines is 1. The van der Waals surface area contributed by atoms with Crippen molar-refractivity contribution < 1.29 is 22.8 Å². The lowest BCUT2D eigenvalue weighted by atomic mass is 9.96. The van der Waals surface area contributed by atoms with Crippen molar-refractivity contribution in [2.45, 2.75) is 50.2 Å². The Balaban J connectivity index is 1.87. The van der Waals surface area contributed by atoms with E-state index in [1.54, 1.807) is 0 Å². The van der Waals surface area contributed by atoms with Crippen LogP contribution in [0.15, 0.2) is 23.1 Å². The van der Waals surface area contributed by atoms with E-state index in [1.165, 1.54) is 16.4 Å². The van der Waals surface area contributed by atoms with Gasteiger partial charge in [0.2, 0.25) is 10.0 Å². The molecule has 2 heterocycles. The second-order valence-corrected chi connectivity index (χ2v) is 9.85. The number of benzene rings is 1. The summed E-state index contributed by atoms with van der Waals surface area (Å²) in [6, 6.07) is 4.04. The Kier molecular flexibility index (Phi) is 7.10. The van der Waals surface area contributed by atoms with Gasteiger partial charge >= 0.3 is 0 Å². The number of rotatable bonds is 7. The molecule has 0 aliphatic carbocycles. The Morgan fingerprint density at radius 2 is 2.00 bits per heavy atom. The Hall–Kier alpha value is -1.75. The number of sulfonamides is 1. The van der Waals surface area contributed by atoms with Crippen LogP contribution in [0.5, 0.6) is 0 Å². The summed E-state index contributed by atoms with van der Waals surface area (Å²) in [5.41, 5.74) is 0.157. The maximum absolute atomic E-state index is 13.2. The van der Waals surface area contributed by atoms with E-state index in [0.29, 0.717) is 31.4 Å². The summed E-state index contributed by atoms with van der Waals surface area (Å²) in [7, 11) is -3.88. The average molecular weight is 428 g/mol. The minimum absolute atomic E-state index is 0.0487. The highest BCUT2D eigenvalue weighted by Gasteiger charge is 2.32. The predicted molar refractivity (Wildman–Crippen MR) is 109 cm³/mol. The monoisotopic (exact) mass is 427 g/mol. The molecule has 0 amide bonds. The highest BCUT2D eigenvalue weighted by Crippen LogP contribution is 2.32. The molecule has 10 heteroatoms. The first-order valence-corrected chi connectivity index (χ1v) is 11.5. The number of hydrogen-bond acceptors (Lipinski definition) is 7. The number of nitro groups is 1. The number of morpholine rings is 1. The summed E-state index contributed by atoms with van der Waals surface area (Å²) in [5.74, 6) is 0.510. The predicted octanol–water partition coefficient (Wildman–Crippen LogP) is 2.62. The zero-order valence-corrected chi connectivity index (χ0v) is 17.7. The molecule has 0 radical (unpaired) electrons. The molecule has 2 saturated heterocycles.